The van der Waals surface area contributed by atoms with Gasteiger partial charge in [0.1, 0.15) is 11.9 Å². The van der Waals surface area contributed by atoms with Crippen molar-refractivity contribution in [1.29, 1.82) is 0 Å². The molecule has 0 aromatic carbocycles. The molecule has 2 amide bonds. The maximum Gasteiger partial charge on any atom is 0.242 e. The number of anilines is 1. The van der Waals surface area contributed by atoms with Gasteiger partial charge in [-0.15, -0.1) is 0 Å². The molecule has 7 nitrogen and oxygen atoms in total. The van der Waals surface area contributed by atoms with Crippen molar-refractivity contribution in [3.05, 3.63) is 23.4 Å². The second-order valence-corrected chi connectivity index (χ2v) is 4.25. The third-order valence-electron chi connectivity index (χ3n) is 2.65. The van der Waals surface area contributed by atoms with Crippen LogP contribution in [0.2, 0.25) is 0 Å². The fourth-order valence-electron chi connectivity index (χ4n) is 1.49. The molecule has 0 bridgehead atoms. The van der Waals surface area contributed by atoms with Gasteiger partial charge in [-0.2, -0.15) is 0 Å². The average Bonchev–Trinajstić information content (AvgIpc) is 2.37. The van der Waals surface area contributed by atoms with E-state index in [1.807, 2.05) is 6.92 Å². The van der Waals surface area contributed by atoms with Gasteiger partial charge in [-0.3, -0.25) is 9.59 Å². The van der Waals surface area contributed by atoms with E-state index in [9.17, 15) is 9.59 Å². The van der Waals surface area contributed by atoms with Crippen molar-refractivity contribution in [2.45, 2.75) is 26.4 Å². The maximum absolute atomic E-state index is 11.7. The SMILES string of the molecule is Cc1cc(N)ncc1CNC(=O)C(C)NC(=O)CN. The minimum atomic E-state index is -0.627. The quantitative estimate of drug-likeness (QED) is 0.546. The minimum Gasteiger partial charge on any atom is -0.384 e. The zero-order valence-corrected chi connectivity index (χ0v) is 11.1. The summed E-state index contributed by atoms with van der Waals surface area (Å²) in [6, 6.07) is 1.11. The molecule has 19 heavy (non-hydrogen) atoms. The number of carbonyl (C=O) groups is 2. The van der Waals surface area contributed by atoms with E-state index in [2.05, 4.69) is 15.6 Å². The number of nitrogens with two attached hydrogens (primary N) is 2. The Balaban J connectivity index is 2.52. The van der Waals surface area contributed by atoms with Gasteiger partial charge in [0.15, 0.2) is 0 Å². The molecule has 1 aromatic rings. The summed E-state index contributed by atoms with van der Waals surface area (Å²) in [6.45, 7) is 3.68. The molecule has 6 N–H and O–H groups in total. The summed E-state index contributed by atoms with van der Waals surface area (Å²) < 4.78 is 0. The third-order valence-corrected chi connectivity index (χ3v) is 2.65. The van der Waals surface area contributed by atoms with Crippen molar-refractivity contribution in [1.82, 2.24) is 15.6 Å². The first-order valence-corrected chi connectivity index (χ1v) is 5.92. The van der Waals surface area contributed by atoms with E-state index in [1.165, 1.54) is 0 Å². The Hall–Kier alpha value is -2.15. The van der Waals surface area contributed by atoms with E-state index in [4.69, 9.17) is 11.5 Å². The van der Waals surface area contributed by atoms with Crippen LogP contribution in [0.5, 0.6) is 0 Å². The minimum absolute atomic E-state index is 0.140. The van der Waals surface area contributed by atoms with E-state index in [1.54, 1.807) is 19.2 Å². The van der Waals surface area contributed by atoms with Gasteiger partial charge >= 0.3 is 0 Å². The molecule has 0 fully saturated rings. The molecule has 0 spiro atoms. The number of hydrogen-bond acceptors (Lipinski definition) is 5. The van der Waals surface area contributed by atoms with Crippen molar-refractivity contribution in [3.8, 4) is 0 Å². The second kappa shape index (κ2) is 6.69. The number of aryl methyl sites for hydroxylation is 1. The molecule has 0 saturated carbocycles. The molecule has 1 rings (SSSR count). The van der Waals surface area contributed by atoms with Crippen LogP contribution in [0.4, 0.5) is 5.82 Å². The van der Waals surface area contributed by atoms with Crippen LogP contribution in [0.25, 0.3) is 0 Å². The number of nitrogens with one attached hydrogen (secondary N) is 2. The van der Waals surface area contributed by atoms with Crippen molar-refractivity contribution in [3.63, 3.8) is 0 Å². The molecule has 1 atom stereocenters. The lowest BCUT2D eigenvalue weighted by Crippen LogP contribution is -2.46. The first-order chi connectivity index (χ1) is 8.93. The fourth-order valence-corrected chi connectivity index (χ4v) is 1.49. The van der Waals surface area contributed by atoms with Crippen molar-refractivity contribution in [2.24, 2.45) is 5.73 Å². The Morgan fingerprint density at radius 1 is 1.47 bits per heavy atom. The van der Waals surface area contributed by atoms with Gasteiger partial charge in [-0.1, -0.05) is 0 Å². The van der Waals surface area contributed by atoms with Crippen LogP contribution in [0.15, 0.2) is 12.3 Å². The molecular formula is C12H19N5O2. The average molecular weight is 265 g/mol. The Labute approximate surface area is 111 Å². The topological polar surface area (TPSA) is 123 Å². The molecule has 0 aliphatic carbocycles. The van der Waals surface area contributed by atoms with Crippen LogP contribution in [0, 0.1) is 6.92 Å². The Morgan fingerprint density at radius 3 is 2.74 bits per heavy atom. The van der Waals surface area contributed by atoms with E-state index < -0.39 is 6.04 Å². The summed E-state index contributed by atoms with van der Waals surface area (Å²) in [4.78, 5) is 26.8. The number of pyridine rings is 1. The summed E-state index contributed by atoms with van der Waals surface area (Å²) >= 11 is 0. The van der Waals surface area contributed by atoms with E-state index in [-0.39, 0.29) is 18.4 Å². The molecule has 0 radical (unpaired) electrons. The zero-order chi connectivity index (χ0) is 14.4. The van der Waals surface area contributed by atoms with E-state index in [0.717, 1.165) is 11.1 Å². The zero-order valence-electron chi connectivity index (χ0n) is 11.1. The number of amides is 2. The van der Waals surface area contributed by atoms with Gasteiger partial charge < -0.3 is 22.1 Å². The Bertz CT molecular complexity index is 475. The summed E-state index contributed by atoms with van der Waals surface area (Å²) in [5.41, 5.74) is 12.5. The largest absolute Gasteiger partial charge is 0.384 e. The molecule has 0 aliphatic rings. The lowest BCUT2D eigenvalue weighted by Gasteiger charge is -2.14. The molecule has 7 heteroatoms. The summed E-state index contributed by atoms with van der Waals surface area (Å²) in [5, 5.41) is 5.19. The fraction of sp³-hybridized carbons (Fsp3) is 0.417. The second-order valence-electron chi connectivity index (χ2n) is 4.25. The van der Waals surface area contributed by atoms with Gasteiger partial charge in [0.25, 0.3) is 0 Å². The third kappa shape index (κ3) is 4.55. The van der Waals surface area contributed by atoms with Crippen LogP contribution in [0.1, 0.15) is 18.1 Å². The highest BCUT2D eigenvalue weighted by molar-refractivity contribution is 5.87. The highest BCUT2D eigenvalue weighted by atomic mass is 16.2. The lowest BCUT2D eigenvalue weighted by molar-refractivity contribution is -0.128. The summed E-state index contributed by atoms with van der Waals surface area (Å²) in [6.07, 6.45) is 1.62. The predicted octanol–water partition coefficient (Wildman–Crippen LogP) is -0.948. The smallest absolute Gasteiger partial charge is 0.242 e. The van der Waals surface area contributed by atoms with Crippen LogP contribution in [0.3, 0.4) is 0 Å². The van der Waals surface area contributed by atoms with Crippen molar-refractivity contribution >= 4 is 17.6 Å². The molecule has 0 aliphatic heterocycles. The molecule has 1 heterocycles. The predicted molar refractivity (Wildman–Crippen MR) is 71.9 cm³/mol. The Kier molecular flexibility index (Phi) is 5.25. The first kappa shape index (κ1) is 14.9. The maximum atomic E-state index is 11.7. The summed E-state index contributed by atoms with van der Waals surface area (Å²) in [7, 11) is 0. The normalized spacial score (nSPS) is 11.7. The van der Waals surface area contributed by atoms with Crippen LogP contribution < -0.4 is 22.1 Å². The number of aromatic nitrogens is 1. The van der Waals surface area contributed by atoms with Crippen molar-refractivity contribution < 1.29 is 9.59 Å². The van der Waals surface area contributed by atoms with Crippen LogP contribution in [-0.4, -0.2) is 29.4 Å². The van der Waals surface area contributed by atoms with Crippen molar-refractivity contribution in [2.75, 3.05) is 12.3 Å². The van der Waals surface area contributed by atoms with Crippen LogP contribution >= 0.6 is 0 Å². The highest BCUT2D eigenvalue weighted by Crippen LogP contribution is 2.08. The first-order valence-electron chi connectivity index (χ1n) is 5.92. The number of hydrogen-bond donors (Lipinski definition) is 4. The van der Waals surface area contributed by atoms with E-state index >= 15 is 0 Å². The number of rotatable bonds is 5. The van der Waals surface area contributed by atoms with E-state index in [0.29, 0.717) is 12.4 Å². The standard InChI is InChI=1S/C12H19N5O2/c1-7-3-10(14)15-5-9(7)6-16-12(19)8(2)17-11(18)4-13/h3,5,8H,4,6,13H2,1-2H3,(H2,14,15)(H,16,19)(H,17,18). The summed E-state index contributed by atoms with van der Waals surface area (Å²) in [5.74, 6) is -0.206. The lowest BCUT2D eigenvalue weighted by atomic mass is 10.1. The van der Waals surface area contributed by atoms with Gasteiger partial charge in [-0.25, -0.2) is 4.98 Å². The van der Waals surface area contributed by atoms with Gasteiger partial charge in [0, 0.05) is 12.7 Å². The molecule has 1 unspecified atom stereocenters. The van der Waals surface area contributed by atoms with Gasteiger partial charge in [-0.05, 0) is 31.0 Å². The van der Waals surface area contributed by atoms with Gasteiger partial charge in [0.2, 0.25) is 11.8 Å². The molecular weight excluding hydrogens is 246 g/mol. The molecule has 0 saturated heterocycles. The van der Waals surface area contributed by atoms with Gasteiger partial charge in [0.05, 0.1) is 6.54 Å². The molecule has 1 aromatic heterocycles. The van der Waals surface area contributed by atoms with Crippen LogP contribution in [-0.2, 0) is 16.1 Å². The highest BCUT2D eigenvalue weighted by Gasteiger charge is 2.14. The monoisotopic (exact) mass is 265 g/mol. The number of carbonyl (C=O) groups excluding carboxylic acids is 2. The number of nitrogens with zero attached hydrogens (tertiary/aromatic N) is 1. The number of nitrogen functional groups attached to an aromatic ring is 1. The molecule has 104 valence electrons. The Morgan fingerprint density at radius 2 is 2.16 bits per heavy atom.